The van der Waals surface area contributed by atoms with Crippen LogP contribution in [0.2, 0.25) is 0 Å². The smallest absolute Gasteiger partial charge is 0.222 e. The minimum atomic E-state index is 0. The number of carbonyl (C=O) groups is 1. The number of aliphatic imine (C=N–C) groups is 1. The van der Waals surface area contributed by atoms with Gasteiger partial charge >= 0.3 is 0 Å². The number of fused-ring (bicyclic) bond motifs is 1. The zero-order chi connectivity index (χ0) is 22.3. The number of guanidine groups is 1. The Bertz CT molecular complexity index is 946. The van der Waals surface area contributed by atoms with Crippen molar-refractivity contribution < 1.29 is 4.79 Å². The summed E-state index contributed by atoms with van der Waals surface area (Å²) in [6.07, 6.45) is 3.41. The van der Waals surface area contributed by atoms with Gasteiger partial charge in [-0.1, -0.05) is 42.0 Å². The second-order valence-electron chi connectivity index (χ2n) is 8.85. The predicted molar refractivity (Wildman–Crippen MR) is 147 cm³/mol. The fourth-order valence-electron chi connectivity index (χ4n) is 4.57. The van der Waals surface area contributed by atoms with Gasteiger partial charge in [-0.25, -0.2) is 0 Å². The second kappa shape index (κ2) is 12.3. The van der Waals surface area contributed by atoms with E-state index in [1.807, 2.05) is 4.90 Å². The van der Waals surface area contributed by atoms with Gasteiger partial charge in [-0.2, -0.15) is 0 Å². The van der Waals surface area contributed by atoms with Gasteiger partial charge in [-0.3, -0.25) is 9.79 Å². The maximum Gasteiger partial charge on any atom is 0.222 e. The van der Waals surface area contributed by atoms with Crippen LogP contribution in [-0.2, 0) is 17.8 Å². The highest BCUT2D eigenvalue weighted by atomic mass is 127. The van der Waals surface area contributed by atoms with E-state index in [0.29, 0.717) is 12.5 Å². The first kappa shape index (κ1) is 25.3. The Hall–Kier alpha value is -2.29. The zero-order valence-corrected chi connectivity index (χ0v) is 22.0. The number of nitrogens with zero attached hydrogens (tertiary/aromatic N) is 3. The largest absolute Gasteiger partial charge is 0.369 e. The molecule has 178 valence electrons. The van der Waals surface area contributed by atoms with Gasteiger partial charge in [-0.15, -0.1) is 24.0 Å². The van der Waals surface area contributed by atoms with E-state index in [-0.39, 0.29) is 29.9 Å². The number of aryl methyl sites for hydroxylation is 1. The molecule has 7 heteroatoms. The Labute approximate surface area is 214 Å². The third-order valence-electron chi connectivity index (χ3n) is 6.50. The van der Waals surface area contributed by atoms with E-state index in [4.69, 9.17) is 0 Å². The summed E-state index contributed by atoms with van der Waals surface area (Å²) in [7, 11) is 1.80. The predicted octanol–water partition coefficient (Wildman–Crippen LogP) is 3.72. The molecule has 0 aliphatic carbocycles. The number of carbonyl (C=O) groups excluding carboxylic acids is 1. The Kier molecular flexibility index (Phi) is 9.41. The minimum Gasteiger partial charge on any atom is -0.369 e. The van der Waals surface area contributed by atoms with Gasteiger partial charge in [0.25, 0.3) is 0 Å². The van der Waals surface area contributed by atoms with Crippen LogP contribution in [0.5, 0.6) is 0 Å². The van der Waals surface area contributed by atoms with Crippen molar-refractivity contribution >= 4 is 41.5 Å². The number of amides is 1. The highest BCUT2D eigenvalue weighted by Crippen LogP contribution is 2.21. The van der Waals surface area contributed by atoms with Crippen LogP contribution >= 0.6 is 24.0 Å². The van der Waals surface area contributed by atoms with E-state index < -0.39 is 0 Å². The average molecular weight is 562 g/mol. The normalized spacial score (nSPS) is 17.9. The topological polar surface area (TPSA) is 60.0 Å². The van der Waals surface area contributed by atoms with Gasteiger partial charge in [0.15, 0.2) is 5.96 Å². The number of hydrogen-bond donors (Lipinski definition) is 2. The second-order valence-corrected chi connectivity index (χ2v) is 8.85. The molecule has 0 bridgehead atoms. The van der Waals surface area contributed by atoms with Gasteiger partial charge in [0.2, 0.25) is 5.91 Å². The van der Waals surface area contributed by atoms with Gasteiger partial charge in [0, 0.05) is 57.9 Å². The molecule has 6 nitrogen and oxygen atoms in total. The molecule has 2 aliphatic heterocycles. The van der Waals surface area contributed by atoms with Crippen LogP contribution < -0.4 is 15.5 Å². The zero-order valence-electron chi connectivity index (χ0n) is 19.7. The molecule has 0 spiro atoms. The lowest BCUT2D eigenvalue weighted by atomic mass is 9.99. The summed E-state index contributed by atoms with van der Waals surface area (Å²) >= 11 is 0. The first-order valence-electron chi connectivity index (χ1n) is 11.8. The monoisotopic (exact) mass is 561 g/mol. The van der Waals surface area contributed by atoms with Crippen LogP contribution in [0.3, 0.4) is 0 Å². The molecule has 1 fully saturated rings. The molecule has 33 heavy (non-hydrogen) atoms. The maximum absolute atomic E-state index is 12.6. The highest BCUT2D eigenvalue weighted by molar-refractivity contribution is 14.0. The Balaban J connectivity index is 0.00000306. The van der Waals surface area contributed by atoms with Crippen molar-refractivity contribution in [3.8, 4) is 0 Å². The van der Waals surface area contributed by atoms with Gasteiger partial charge in [0.05, 0.1) is 0 Å². The number of benzene rings is 2. The molecule has 1 amide bonds. The number of nitrogens with one attached hydrogen (secondary N) is 2. The third-order valence-corrected chi connectivity index (χ3v) is 6.50. The first-order valence-corrected chi connectivity index (χ1v) is 11.8. The molecule has 1 saturated heterocycles. The Morgan fingerprint density at radius 3 is 2.61 bits per heavy atom. The summed E-state index contributed by atoms with van der Waals surface area (Å²) in [5.41, 5.74) is 5.23. The van der Waals surface area contributed by atoms with E-state index in [2.05, 4.69) is 76.0 Å². The maximum atomic E-state index is 12.6. The summed E-state index contributed by atoms with van der Waals surface area (Å²) in [5.74, 6) is 1.06. The lowest BCUT2D eigenvalue weighted by molar-refractivity contribution is -0.132. The van der Waals surface area contributed by atoms with E-state index in [1.165, 1.54) is 22.4 Å². The third kappa shape index (κ3) is 6.85. The van der Waals surface area contributed by atoms with Crippen molar-refractivity contribution in [1.82, 2.24) is 15.5 Å². The summed E-state index contributed by atoms with van der Waals surface area (Å²) in [6, 6.07) is 17.5. The molecule has 1 unspecified atom stereocenters. The van der Waals surface area contributed by atoms with E-state index in [1.54, 1.807) is 7.05 Å². The van der Waals surface area contributed by atoms with Crippen molar-refractivity contribution in [2.45, 2.75) is 45.2 Å². The van der Waals surface area contributed by atoms with Crippen LogP contribution in [0.25, 0.3) is 0 Å². The Morgan fingerprint density at radius 2 is 1.85 bits per heavy atom. The Morgan fingerprint density at radius 1 is 1.09 bits per heavy atom. The van der Waals surface area contributed by atoms with Crippen LogP contribution in [0.1, 0.15) is 36.0 Å². The summed E-state index contributed by atoms with van der Waals surface area (Å²) in [4.78, 5) is 21.4. The number of halogens is 1. The van der Waals surface area contributed by atoms with E-state index in [0.717, 1.165) is 57.9 Å². The molecule has 0 radical (unpaired) electrons. The standard InChI is InChI=1S/C26H35N5O.HI/c1-20-9-11-24(12-10-20)30-17-14-23(19-30)29-26(27-2)28-15-5-8-25(32)31-16-13-21-6-3-4-7-22(21)18-31;/h3-4,6-7,9-12,23H,5,8,13-19H2,1-2H3,(H2,27,28,29);1H. The van der Waals surface area contributed by atoms with Crippen LogP contribution in [0, 0.1) is 6.92 Å². The lowest BCUT2D eigenvalue weighted by Gasteiger charge is -2.29. The molecular formula is C26H36IN5O. The van der Waals surface area contributed by atoms with Crippen molar-refractivity contribution in [3.05, 3.63) is 65.2 Å². The summed E-state index contributed by atoms with van der Waals surface area (Å²) in [5, 5.41) is 6.92. The first-order chi connectivity index (χ1) is 15.6. The van der Waals surface area contributed by atoms with Crippen molar-refractivity contribution in [1.29, 1.82) is 0 Å². The molecule has 2 N–H and O–H groups in total. The molecule has 2 aromatic carbocycles. The minimum absolute atomic E-state index is 0. The quantitative estimate of drug-likeness (QED) is 0.245. The fraction of sp³-hybridized carbons (Fsp3) is 0.462. The molecule has 0 saturated carbocycles. The summed E-state index contributed by atoms with van der Waals surface area (Å²) in [6.45, 7) is 6.44. The van der Waals surface area contributed by atoms with Crippen LogP contribution in [0.4, 0.5) is 5.69 Å². The van der Waals surface area contributed by atoms with Crippen LogP contribution in [-0.4, -0.2) is 56.0 Å². The van der Waals surface area contributed by atoms with Gasteiger partial charge in [-0.05, 0) is 49.4 Å². The summed E-state index contributed by atoms with van der Waals surface area (Å²) < 4.78 is 0. The van der Waals surface area contributed by atoms with E-state index in [9.17, 15) is 4.79 Å². The SMILES string of the molecule is CN=C(NCCCC(=O)N1CCc2ccccc2C1)NC1CCN(c2ccc(C)cc2)C1.I. The number of hydrogen-bond acceptors (Lipinski definition) is 3. The molecule has 2 heterocycles. The van der Waals surface area contributed by atoms with Gasteiger partial charge in [0.1, 0.15) is 0 Å². The molecule has 1 atom stereocenters. The fourth-order valence-corrected chi connectivity index (χ4v) is 4.57. The number of rotatable bonds is 6. The van der Waals surface area contributed by atoms with Crippen molar-refractivity contribution in [3.63, 3.8) is 0 Å². The molecular weight excluding hydrogens is 525 g/mol. The number of anilines is 1. The molecule has 2 aromatic rings. The molecule has 4 rings (SSSR count). The molecule has 0 aromatic heterocycles. The van der Waals surface area contributed by atoms with Crippen molar-refractivity contribution in [2.75, 3.05) is 38.1 Å². The lowest BCUT2D eigenvalue weighted by Crippen LogP contribution is -2.45. The van der Waals surface area contributed by atoms with Crippen molar-refractivity contribution in [2.24, 2.45) is 4.99 Å². The molecule has 2 aliphatic rings. The van der Waals surface area contributed by atoms with Gasteiger partial charge < -0.3 is 20.4 Å². The highest BCUT2D eigenvalue weighted by Gasteiger charge is 2.23. The van der Waals surface area contributed by atoms with E-state index >= 15 is 0 Å². The van der Waals surface area contributed by atoms with Crippen LogP contribution in [0.15, 0.2) is 53.5 Å². The average Bonchev–Trinajstić information content (AvgIpc) is 3.29.